The van der Waals surface area contributed by atoms with E-state index in [1.807, 2.05) is 19.1 Å². The molecule has 0 aliphatic carbocycles. The molecule has 0 heterocycles. The molecule has 1 aromatic carbocycles. The minimum absolute atomic E-state index is 0.376. The van der Waals surface area contributed by atoms with Gasteiger partial charge in [-0.1, -0.05) is 6.07 Å². The van der Waals surface area contributed by atoms with E-state index in [2.05, 4.69) is 6.07 Å². The van der Waals surface area contributed by atoms with Crippen molar-refractivity contribution in [2.75, 3.05) is 0 Å². The first-order valence-electron chi connectivity index (χ1n) is 3.64. The quantitative estimate of drug-likeness (QED) is 0.623. The van der Waals surface area contributed by atoms with Crippen molar-refractivity contribution in [2.24, 2.45) is 0 Å². The number of nitrogens with zero attached hydrogens (tertiary/aromatic N) is 2. The lowest BCUT2D eigenvalue weighted by atomic mass is 10.0. The average molecular weight is 156 g/mol. The molecule has 0 saturated carbocycles. The van der Waals surface area contributed by atoms with Gasteiger partial charge in [0.1, 0.15) is 0 Å². The predicted octanol–water partition coefficient (Wildman–Crippen LogP) is 1.93. The van der Waals surface area contributed by atoms with Gasteiger partial charge in [-0.25, -0.2) is 0 Å². The zero-order chi connectivity index (χ0) is 8.97. The summed E-state index contributed by atoms with van der Waals surface area (Å²) in [5.74, 6) is 0. The standard InChI is InChI=1S/C10H8N2/c1-8-2-3-9(7-12)6-10(8)4-5-11/h2-3,6H,4H2,1H3. The summed E-state index contributed by atoms with van der Waals surface area (Å²) in [6, 6.07) is 9.50. The van der Waals surface area contributed by atoms with E-state index >= 15 is 0 Å². The molecule has 0 amide bonds. The van der Waals surface area contributed by atoms with Crippen LogP contribution in [0.25, 0.3) is 0 Å². The molecular weight excluding hydrogens is 148 g/mol. The maximum atomic E-state index is 8.59. The molecule has 0 aliphatic heterocycles. The van der Waals surface area contributed by atoms with E-state index in [1.165, 1.54) is 0 Å². The van der Waals surface area contributed by atoms with Gasteiger partial charge in [-0.3, -0.25) is 0 Å². The summed E-state index contributed by atoms with van der Waals surface area (Å²) < 4.78 is 0. The van der Waals surface area contributed by atoms with Gasteiger partial charge in [0.25, 0.3) is 0 Å². The average Bonchev–Trinajstić information content (AvgIpc) is 2.09. The Hall–Kier alpha value is -1.80. The Labute approximate surface area is 71.7 Å². The molecule has 12 heavy (non-hydrogen) atoms. The molecule has 0 radical (unpaired) electrons. The van der Waals surface area contributed by atoms with Gasteiger partial charge in [-0.05, 0) is 30.2 Å². The van der Waals surface area contributed by atoms with E-state index in [9.17, 15) is 0 Å². The lowest BCUT2D eigenvalue weighted by Gasteiger charge is -1.99. The molecule has 0 unspecified atom stereocenters. The van der Waals surface area contributed by atoms with Crippen molar-refractivity contribution < 1.29 is 0 Å². The third-order valence-corrected chi connectivity index (χ3v) is 1.75. The van der Waals surface area contributed by atoms with Crippen LogP contribution in [0.4, 0.5) is 0 Å². The van der Waals surface area contributed by atoms with Crippen LogP contribution in [-0.2, 0) is 6.42 Å². The lowest BCUT2D eigenvalue weighted by Crippen LogP contribution is -1.88. The number of nitriles is 2. The second-order valence-electron chi connectivity index (χ2n) is 2.59. The molecule has 0 saturated heterocycles. The van der Waals surface area contributed by atoms with Crippen molar-refractivity contribution in [3.63, 3.8) is 0 Å². The maximum absolute atomic E-state index is 8.59. The molecule has 0 atom stereocenters. The molecule has 1 aromatic rings. The first kappa shape index (κ1) is 8.30. The summed E-state index contributed by atoms with van der Waals surface area (Å²) in [5, 5.41) is 17.1. The van der Waals surface area contributed by atoms with Gasteiger partial charge in [-0.2, -0.15) is 10.5 Å². The van der Waals surface area contributed by atoms with Gasteiger partial charge >= 0.3 is 0 Å². The van der Waals surface area contributed by atoms with E-state index in [0.29, 0.717) is 12.0 Å². The topological polar surface area (TPSA) is 47.6 Å². The lowest BCUT2D eigenvalue weighted by molar-refractivity contribution is 1.21. The zero-order valence-corrected chi connectivity index (χ0v) is 6.83. The van der Waals surface area contributed by atoms with E-state index in [4.69, 9.17) is 10.5 Å². The summed E-state index contributed by atoms with van der Waals surface area (Å²) in [6.45, 7) is 1.94. The van der Waals surface area contributed by atoms with Crippen LogP contribution in [0.1, 0.15) is 16.7 Å². The molecule has 2 heteroatoms. The molecule has 1 rings (SSSR count). The smallest absolute Gasteiger partial charge is 0.0991 e. The Kier molecular flexibility index (Phi) is 2.46. The molecule has 58 valence electrons. The highest BCUT2D eigenvalue weighted by Gasteiger charge is 1.98. The minimum atomic E-state index is 0.376. The monoisotopic (exact) mass is 156 g/mol. The first-order chi connectivity index (χ1) is 5.77. The van der Waals surface area contributed by atoms with Gasteiger partial charge in [-0.15, -0.1) is 0 Å². The maximum Gasteiger partial charge on any atom is 0.0991 e. The van der Waals surface area contributed by atoms with Crippen molar-refractivity contribution in [2.45, 2.75) is 13.3 Å². The number of rotatable bonds is 1. The van der Waals surface area contributed by atoms with Gasteiger partial charge in [0.05, 0.1) is 24.1 Å². The van der Waals surface area contributed by atoms with Gasteiger partial charge < -0.3 is 0 Å². The summed E-state index contributed by atoms with van der Waals surface area (Å²) in [5.41, 5.74) is 2.62. The molecule has 0 aliphatic rings. The third kappa shape index (κ3) is 1.62. The van der Waals surface area contributed by atoms with Crippen LogP contribution in [0.3, 0.4) is 0 Å². The van der Waals surface area contributed by atoms with Crippen molar-refractivity contribution in [3.8, 4) is 12.1 Å². The van der Waals surface area contributed by atoms with Gasteiger partial charge in [0.2, 0.25) is 0 Å². The van der Waals surface area contributed by atoms with E-state index < -0.39 is 0 Å². The molecular formula is C10H8N2. The molecule has 0 N–H and O–H groups in total. The van der Waals surface area contributed by atoms with Crippen LogP contribution < -0.4 is 0 Å². The Morgan fingerprint density at radius 1 is 1.33 bits per heavy atom. The Morgan fingerprint density at radius 3 is 2.67 bits per heavy atom. The SMILES string of the molecule is Cc1ccc(C#N)cc1CC#N. The fourth-order valence-corrected chi connectivity index (χ4v) is 1.02. The van der Waals surface area contributed by atoms with Gasteiger partial charge in [0, 0.05) is 0 Å². The number of hydrogen-bond acceptors (Lipinski definition) is 2. The third-order valence-electron chi connectivity index (χ3n) is 1.75. The first-order valence-corrected chi connectivity index (χ1v) is 3.64. The van der Waals surface area contributed by atoms with E-state index in [0.717, 1.165) is 11.1 Å². The summed E-state index contributed by atoms with van der Waals surface area (Å²) >= 11 is 0. The minimum Gasteiger partial charge on any atom is -0.198 e. The van der Waals surface area contributed by atoms with Crippen LogP contribution >= 0.6 is 0 Å². The van der Waals surface area contributed by atoms with Crippen LogP contribution in [0.15, 0.2) is 18.2 Å². The number of hydrogen-bond donors (Lipinski definition) is 0. The second-order valence-corrected chi connectivity index (χ2v) is 2.59. The van der Waals surface area contributed by atoms with Crippen LogP contribution in [-0.4, -0.2) is 0 Å². The zero-order valence-electron chi connectivity index (χ0n) is 6.83. The normalized spacial score (nSPS) is 8.58. The van der Waals surface area contributed by atoms with Gasteiger partial charge in [0.15, 0.2) is 0 Å². The fraction of sp³-hybridized carbons (Fsp3) is 0.200. The Morgan fingerprint density at radius 2 is 2.08 bits per heavy atom. The van der Waals surface area contributed by atoms with Crippen molar-refractivity contribution >= 4 is 0 Å². The van der Waals surface area contributed by atoms with E-state index in [1.54, 1.807) is 12.1 Å². The summed E-state index contributed by atoms with van der Waals surface area (Å²) in [6.07, 6.45) is 0.376. The van der Waals surface area contributed by atoms with Crippen LogP contribution in [0.5, 0.6) is 0 Å². The Bertz CT molecular complexity index is 366. The van der Waals surface area contributed by atoms with E-state index in [-0.39, 0.29) is 0 Å². The molecule has 0 bridgehead atoms. The van der Waals surface area contributed by atoms with Crippen LogP contribution in [0, 0.1) is 29.6 Å². The number of benzene rings is 1. The van der Waals surface area contributed by atoms with Crippen molar-refractivity contribution in [1.29, 1.82) is 10.5 Å². The predicted molar refractivity (Wildman–Crippen MR) is 45.2 cm³/mol. The largest absolute Gasteiger partial charge is 0.198 e. The molecule has 0 spiro atoms. The highest BCUT2D eigenvalue weighted by atomic mass is 14.2. The number of aryl methyl sites for hydroxylation is 1. The fourth-order valence-electron chi connectivity index (χ4n) is 1.02. The highest BCUT2D eigenvalue weighted by Crippen LogP contribution is 2.10. The molecule has 0 fully saturated rings. The van der Waals surface area contributed by atoms with Crippen LogP contribution in [0.2, 0.25) is 0 Å². The Balaban J connectivity index is 3.12. The molecule has 0 aromatic heterocycles. The summed E-state index contributed by atoms with van der Waals surface area (Å²) in [4.78, 5) is 0. The second kappa shape index (κ2) is 3.55. The molecule has 2 nitrogen and oxygen atoms in total. The van der Waals surface area contributed by atoms with Crippen molar-refractivity contribution in [3.05, 3.63) is 34.9 Å². The van der Waals surface area contributed by atoms with Crippen molar-refractivity contribution in [1.82, 2.24) is 0 Å². The highest BCUT2D eigenvalue weighted by molar-refractivity contribution is 5.38. The summed E-state index contributed by atoms with van der Waals surface area (Å²) in [7, 11) is 0.